The van der Waals surface area contributed by atoms with Gasteiger partial charge in [-0.2, -0.15) is 0 Å². The molecule has 2 atom stereocenters. The first kappa shape index (κ1) is 13.5. The van der Waals surface area contributed by atoms with Gasteiger partial charge >= 0.3 is 0 Å². The third kappa shape index (κ3) is 3.55. The van der Waals surface area contributed by atoms with Crippen molar-refractivity contribution in [2.75, 3.05) is 0 Å². The van der Waals surface area contributed by atoms with Crippen LogP contribution in [0.1, 0.15) is 57.6 Å². The van der Waals surface area contributed by atoms with Crippen LogP contribution in [0.3, 0.4) is 0 Å². The molecule has 1 aliphatic rings. The van der Waals surface area contributed by atoms with Crippen LogP contribution in [0.15, 0.2) is 24.3 Å². The van der Waals surface area contributed by atoms with Crippen LogP contribution in [0.5, 0.6) is 0 Å². The highest BCUT2D eigenvalue weighted by Crippen LogP contribution is 2.27. The Balaban J connectivity index is 1.89. The molecule has 0 amide bonds. The highest BCUT2D eigenvalue weighted by molar-refractivity contribution is 5.19. The lowest BCUT2D eigenvalue weighted by atomic mass is 9.84. The van der Waals surface area contributed by atoms with Gasteiger partial charge in [0.15, 0.2) is 0 Å². The second-order valence-electron chi connectivity index (χ2n) is 5.63. The van der Waals surface area contributed by atoms with Crippen LogP contribution >= 0.6 is 0 Å². The average Bonchev–Trinajstić information content (AvgIpc) is 2.40. The van der Waals surface area contributed by atoms with Gasteiger partial charge in [0, 0.05) is 12.1 Å². The van der Waals surface area contributed by atoms with E-state index in [1.54, 1.807) is 12.1 Å². The third-order valence-electron chi connectivity index (χ3n) is 4.24. The third-order valence-corrected chi connectivity index (χ3v) is 4.24. The van der Waals surface area contributed by atoms with Crippen LogP contribution in [0.4, 0.5) is 4.39 Å². The fraction of sp³-hybridized carbons (Fsp3) is 0.625. The van der Waals surface area contributed by atoms with E-state index in [0.717, 1.165) is 5.92 Å². The lowest BCUT2D eigenvalue weighted by Crippen LogP contribution is -2.36. The maximum absolute atomic E-state index is 12.9. The van der Waals surface area contributed by atoms with E-state index in [0.29, 0.717) is 12.1 Å². The molecular formula is C16H24FN. The summed E-state index contributed by atoms with van der Waals surface area (Å²) in [5, 5.41) is 3.66. The molecule has 0 heterocycles. The smallest absolute Gasteiger partial charge is 0.123 e. The Hall–Kier alpha value is -0.890. The predicted octanol–water partition coefficient (Wildman–Crippen LogP) is 4.45. The monoisotopic (exact) mass is 249 g/mol. The van der Waals surface area contributed by atoms with E-state index in [1.165, 1.54) is 37.7 Å². The van der Waals surface area contributed by atoms with Gasteiger partial charge < -0.3 is 5.32 Å². The lowest BCUT2D eigenvalue weighted by Gasteiger charge is -2.30. The number of hydrogen-bond acceptors (Lipinski definition) is 1. The van der Waals surface area contributed by atoms with Gasteiger partial charge in [0.1, 0.15) is 5.82 Å². The van der Waals surface area contributed by atoms with Crippen molar-refractivity contribution in [3.63, 3.8) is 0 Å². The Morgan fingerprint density at radius 2 is 1.67 bits per heavy atom. The van der Waals surface area contributed by atoms with Gasteiger partial charge in [-0.05, 0) is 50.3 Å². The summed E-state index contributed by atoms with van der Waals surface area (Å²) in [7, 11) is 0. The van der Waals surface area contributed by atoms with Crippen LogP contribution < -0.4 is 5.32 Å². The van der Waals surface area contributed by atoms with E-state index < -0.39 is 0 Å². The molecule has 18 heavy (non-hydrogen) atoms. The van der Waals surface area contributed by atoms with Gasteiger partial charge in [0.2, 0.25) is 0 Å². The molecule has 1 aliphatic carbocycles. The zero-order valence-corrected chi connectivity index (χ0v) is 11.5. The summed E-state index contributed by atoms with van der Waals surface area (Å²) < 4.78 is 12.9. The second-order valence-corrected chi connectivity index (χ2v) is 5.63. The van der Waals surface area contributed by atoms with E-state index in [2.05, 4.69) is 19.2 Å². The molecule has 0 saturated heterocycles. The zero-order valence-electron chi connectivity index (χ0n) is 11.5. The quantitative estimate of drug-likeness (QED) is 0.831. The second kappa shape index (κ2) is 6.33. The van der Waals surface area contributed by atoms with Gasteiger partial charge in [0.25, 0.3) is 0 Å². The van der Waals surface area contributed by atoms with Crippen molar-refractivity contribution in [1.82, 2.24) is 5.32 Å². The molecule has 1 nitrogen and oxygen atoms in total. The molecule has 1 aromatic carbocycles. The van der Waals surface area contributed by atoms with Crippen molar-refractivity contribution in [3.8, 4) is 0 Å². The number of halogens is 1. The molecule has 1 saturated carbocycles. The van der Waals surface area contributed by atoms with E-state index in [-0.39, 0.29) is 5.82 Å². The molecule has 0 aliphatic heterocycles. The fourth-order valence-corrected chi connectivity index (χ4v) is 3.01. The average molecular weight is 249 g/mol. The molecular weight excluding hydrogens is 225 g/mol. The maximum Gasteiger partial charge on any atom is 0.123 e. The topological polar surface area (TPSA) is 12.0 Å². The number of nitrogens with one attached hydrogen (secondary N) is 1. The van der Waals surface area contributed by atoms with Crippen molar-refractivity contribution >= 4 is 0 Å². The van der Waals surface area contributed by atoms with Crippen molar-refractivity contribution in [2.45, 2.75) is 58.0 Å². The first-order chi connectivity index (χ1) is 8.66. The van der Waals surface area contributed by atoms with Crippen LogP contribution in [-0.4, -0.2) is 6.04 Å². The molecule has 1 fully saturated rings. The molecule has 1 unspecified atom stereocenters. The Labute approximate surface area is 110 Å². The van der Waals surface area contributed by atoms with Crippen molar-refractivity contribution in [3.05, 3.63) is 35.6 Å². The summed E-state index contributed by atoms with van der Waals surface area (Å²) in [6.45, 7) is 4.45. The van der Waals surface area contributed by atoms with E-state index in [9.17, 15) is 4.39 Å². The highest BCUT2D eigenvalue weighted by Gasteiger charge is 2.21. The van der Waals surface area contributed by atoms with Gasteiger partial charge in [-0.15, -0.1) is 0 Å². The molecule has 0 aromatic heterocycles. The summed E-state index contributed by atoms with van der Waals surface area (Å²) in [5.41, 5.74) is 1.17. The summed E-state index contributed by atoms with van der Waals surface area (Å²) in [6.07, 6.45) is 6.86. The number of rotatable bonds is 4. The van der Waals surface area contributed by atoms with Crippen molar-refractivity contribution in [2.24, 2.45) is 5.92 Å². The van der Waals surface area contributed by atoms with E-state index in [4.69, 9.17) is 0 Å². The van der Waals surface area contributed by atoms with E-state index in [1.807, 2.05) is 12.1 Å². The Kier molecular flexibility index (Phi) is 4.76. The Bertz CT molecular complexity index is 354. The molecule has 1 aromatic rings. The SMILES string of the molecule is CC(N[C@@H](C)c1ccc(F)cc1)C1CCCCC1. The minimum absolute atomic E-state index is 0.161. The highest BCUT2D eigenvalue weighted by atomic mass is 19.1. The van der Waals surface area contributed by atoms with Gasteiger partial charge in [-0.3, -0.25) is 0 Å². The van der Waals surface area contributed by atoms with E-state index >= 15 is 0 Å². The summed E-state index contributed by atoms with van der Waals surface area (Å²) in [4.78, 5) is 0. The molecule has 0 radical (unpaired) electrons. The van der Waals surface area contributed by atoms with Gasteiger partial charge in [-0.25, -0.2) is 4.39 Å². The maximum atomic E-state index is 12.9. The minimum atomic E-state index is -0.161. The predicted molar refractivity (Wildman–Crippen MR) is 74.0 cm³/mol. The normalized spacial score (nSPS) is 20.6. The van der Waals surface area contributed by atoms with Gasteiger partial charge in [0.05, 0.1) is 0 Å². The Morgan fingerprint density at radius 3 is 2.28 bits per heavy atom. The lowest BCUT2D eigenvalue weighted by molar-refractivity contribution is 0.268. The minimum Gasteiger partial charge on any atom is -0.307 e. The molecule has 2 rings (SSSR count). The van der Waals surface area contributed by atoms with Crippen LogP contribution in [0, 0.1) is 11.7 Å². The standard InChI is InChI=1S/C16H24FN/c1-12(14-6-4-3-5-7-14)18-13(2)15-8-10-16(17)11-9-15/h8-14,18H,3-7H2,1-2H3/t12?,13-/m0/s1. The van der Waals surface area contributed by atoms with Crippen LogP contribution in [-0.2, 0) is 0 Å². The van der Waals surface area contributed by atoms with Crippen LogP contribution in [0.2, 0.25) is 0 Å². The zero-order chi connectivity index (χ0) is 13.0. The summed E-state index contributed by atoms with van der Waals surface area (Å²) in [6, 6.07) is 7.67. The number of benzene rings is 1. The van der Waals surface area contributed by atoms with Crippen molar-refractivity contribution in [1.29, 1.82) is 0 Å². The first-order valence-electron chi connectivity index (χ1n) is 7.18. The number of hydrogen-bond donors (Lipinski definition) is 1. The van der Waals surface area contributed by atoms with Crippen LogP contribution in [0.25, 0.3) is 0 Å². The molecule has 2 heteroatoms. The van der Waals surface area contributed by atoms with Crippen molar-refractivity contribution < 1.29 is 4.39 Å². The summed E-state index contributed by atoms with van der Waals surface area (Å²) >= 11 is 0. The molecule has 1 N–H and O–H groups in total. The molecule has 100 valence electrons. The fourth-order valence-electron chi connectivity index (χ4n) is 3.01. The Morgan fingerprint density at radius 1 is 1.06 bits per heavy atom. The molecule has 0 spiro atoms. The first-order valence-corrected chi connectivity index (χ1v) is 7.18. The largest absolute Gasteiger partial charge is 0.307 e. The van der Waals surface area contributed by atoms with Gasteiger partial charge in [-0.1, -0.05) is 31.4 Å². The molecule has 0 bridgehead atoms. The summed E-state index contributed by atoms with van der Waals surface area (Å²) in [5.74, 6) is 0.646.